The molecule has 3 aromatic rings. The van der Waals surface area contributed by atoms with Gasteiger partial charge in [0.05, 0.1) is 23.9 Å². The van der Waals surface area contributed by atoms with Crippen LogP contribution in [0.3, 0.4) is 0 Å². The SMILES string of the molecule is C=CCN(CCCc1cn(S(=O)(=O)c2ccc(C)cc2)nn1)c1cccc(OC)c1. The number of nitrogens with zero attached hydrogens (tertiary/aromatic N) is 4. The first-order valence-corrected chi connectivity index (χ1v) is 11.1. The van der Waals surface area contributed by atoms with Crippen molar-refractivity contribution < 1.29 is 13.2 Å². The molecule has 0 N–H and O–H groups in total. The van der Waals surface area contributed by atoms with Crippen LogP contribution in [-0.2, 0) is 16.4 Å². The molecule has 0 saturated carbocycles. The first-order chi connectivity index (χ1) is 14.4. The number of hydrogen-bond donors (Lipinski definition) is 0. The van der Waals surface area contributed by atoms with E-state index in [2.05, 4.69) is 21.8 Å². The van der Waals surface area contributed by atoms with Crippen LogP contribution in [0.2, 0.25) is 0 Å². The van der Waals surface area contributed by atoms with Gasteiger partial charge in [-0.05, 0) is 44.0 Å². The molecule has 0 unspecified atom stereocenters. The van der Waals surface area contributed by atoms with Gasteiger partial charge in [0.25, 0.3) is 10.0 Å². The number of anilines is 1. The average molecular weight is 427 g/mol. The van der Waals surface area contributed by atoms with Crippen molar-refractivity contribution in [3.63, 3.8) is 0 Å². The van der Waals surface area contributed by atoms with Crippen molar-refractivity contribution in [1.29, 1.82) is 0 Å². The lowest BCUT2D eigenvalue weighted by atomic mass is 10.2. The molecule has 0 spiro atoms. The van der Waals surface area contributed by atoms with Crippen LogP contribution >= 0.6 is 0 Å². The number of methoxy groups -OCH3 is 1. The molecule has 0 radical (unpaired) electrons. The lowest BCUT2D eigenvalue weighted by Crippen LogP contribution is -2.24. The summed E-state index contributed by atoms with van der Waals surface area (Å²) in [5, 5.41) is 7.88. The van der Waals surface area contributed by atoms with Gasteiger partial charge in [0.1, 0.15) is 5.75 Å². The molecule has 1 aromatic heterocycles. The molecule has 158 valence electrons. The minimum atomic E-state index is -3.73. The largest absolute Gasteiger partial charge is 0.497 e. The molecule has 0 atom stereocenters. The third-order valence-corrected chi connectivity index (χ3v) is 6.25. The smallest absolute Gasteiger partial charge is 0.284 e. The summed E-state index contributed by atoms with van der Waals surface area (Å²) in [5.41, 5.74) is 2.67. The van der Waals surface area contributed by atoms with Crippen LogP contribution in [0.4, 0.5) is 5.69 Å². The highest BCUT2D eigenvalue weighted by Crippen LogP contribution is 2.21. The fourth-order valence-corrected chi connectivity index (χ4v) is 4.16. The van der Waals surface area contributed by atoms with Crippen LogP contribution < -0.4 is 9.64 Å². The molecule has 0 saturated heterocycles. The number of ether oxygens (including phenoxy) is 1. The lowest BCUT2D eigenvalue weighted by molar-refractivity contribution is 0.415. The second-order valence-electron chi connectivity index (χ2n) is 6.94. The van der Waals surface area contributed by atoms with E-state index in [4.69, 9.17) is 4.74 Å². The van der Waals surface area contributed by atoms with E-state index in [0.717, 1.165) is 34.1 Å². The summed E-state index contributed by atoms with van der Waals surface area (Å²) in [6.07, 6.45) is 4.73. The maximum atomic E-state index is 12.7. The highest BCUT2D eigenvalue weighted by molar-refractivity contribution is 7.89. The first kappa shape index (κ1) is 21.6. The average Bonchev–Trinajstić information content (AvgIpc) is 3.23. The Morgan fingerprint density at radius 2 is 1.97 bits per heavy atom. The molecule has 2 aromatic carbocycles. The number of hydrogen-bond acceptors (Lipinski definition) is 6. The van der Waals surface area contributed by atoms with Crippen LogP contribution in [0.25, 0.3) is 0 Å². The molecule has 8 heteroatoms. The Balaban J connectivity index is 1.65. The van der Waals surface area contributed by atoms with Gasteiger partial charge in [0.2, 0.25) is 0 Å². The second-order valence-corrected chi connectivity index (χ2v) is 8.74. The summed E-state index contributed by atoms with van der Waals surface area (Å²) >= 11 is 0. The monoisotopic (exact) mass is 426 g/mol. The van der Waals surface area contributed by atoms with Crippen molar-refractivity contribution in [3.8, 4) is 5.75 Å². The van der Waals surface area contributed by atoms with Crippen molar-refractivity contribution in [1.82, 2.24) is 14.4 Å². The van der Waals surface area contributed by atoms with Gasteiger partial charge >= 0.3 is 0 Å². The molecule has 3 rings (SSSR count). The van der Waals surface area contributed by atoms with E-state index in [1.165, 1.54) is 6.20 Å². The van der Waals surface area contributed by atoms with Crippen molar-refractivity contribution in [2.24, 2.45) is 0 Å². The Morgan fingerprint density at radius 1 is 1.20 bits per heavy atom. The molecule has 0 amide bonds. The van der Waals surface area contributed by atoms with E-state index in [-0.39, 0.29) is 4.90 Å². The zero-order valence-corrected chi connectivity index (χ0v) is 18.0. The van der Waals surface area contributed by atoms with Gasteiger partial charge in [0, 0.05) is 24.8 Å². The Hall–Kier alpha value is -3.13. The summed E-state index contributed by atoms with van der Waals surface area (Å²) in [4.78, 5) is 2.38. The number of rotatable bonds is 10. The number of benzene rings is 2. The van der Waals surface area contributed by atoms with E-state index < -0.39 is 10.0 Å². The molecule has 0 bridgehead atoms. The highest BCUT2D eigenvalue weighted by Gasteiger charge is 2.19. The van der Waals surface area contributed by atoms with Gasteiger partial charge in [-0.2, -0.15) is 8.42 Å². The van der Waals surface area contributed by atoms with Gasteiger partial charge in [-0.15, -0.1) is 15.8 Å². The summed E-state index contributed by atoms with van der Waals surface area (Å²) in [5.74, 6) is 0.797. The van der Waals surface area contributed by atoms with Gasteiger partial charge in [-0.3, -0.25) is 0 Å². The van der Waals surface area contributed by atoms with Crippen molar-refractivity contribution in [2.75, 3.05) is 25.1 Å². The molecule has 0 fully saturated rings. The summed E-state index contributed by atoms with van der Waals surface area (Å²) in [6.45, 7) is 7.20. The Labute approximate surface area is 177 Å². The molecule has 0 aliphatic rings. The van der Waals surface area contributed by atoms with Crippen LogP contribution in [0.15, 0.2) is 72.3 Å². The minimum absolute atomic E-state index is 0.194. The molecule has 30 heavy (non-hydrogen) atoms. The van der Waals surface area contributed by atoms with Crippen LogP contribution in [0.5, 0.6) is 5.75 Å². The van der Waals surface area contributed by atoms with E-state index in [1.54, 1.807) is 31.4 Å². The zero-order valence-electron chi connectivity index (χ0n) is 17.2. The van der Waals surface area contributed by atoms with Gasteiger partial charge in [-0.1, -0.05) is 35.1 Å². The Bertz CT molecular complexity index is 1090. The highest BCUT2D eigenvalue weighted by atomic mass is 32.2. The molecule has 0 aliphatic carbocycles. The molecular formula is C22H26N4O3S. The van der Waals surface area contributed by atoms with Crippen LogP contribution in [-0.4, -0.2) is 43.0 Å². The van der Waals surface area contributed by atoms with E-state index >= 15 is 0 Å². The third kappa shape index (κ3) is 5.07. The molecule has 0 aliphatic heterocycles. The number of aryl methyl sites for hydroxylation is 2. The summed E-state index contributed by atoms with van der Waals surface area (Å²) in [6, 6.07) is 14.5. The van der Waals surface area contributed by atoms with E-state index in [1.807, 2.05) is 37.3 Å². The molecule has 1 heterocycles. The predicted octanol–water partition coefficient (Wildman–Crippen LogP) is 3.46. The fraction of sp³-hybridized carbons (Fsp3) is 0.273. The predicted molar refractivity (Wildman–Crippen MR) is 118 cm³/mol. The van der Waals surface area contributed by atoms with Gasteiger partial charge in [0.15, 0.2) is 0 Å². The van der Waals surface area contributed by atoms with Crippen LogP contribution in [0.1, 0.15) is 17.7 Å². The van der Waals surface area contributed by atoms with E-state index in [9.17, 15) is 8.42 Å². The normalized spacial score (nSPS) is 11.3. The van der Waals surface area contributed by atoms with Crippen molar-refractivity contribution >= 4 is 15.7 Å². The third-order valence-electron chi connectivity index (χ3n) is 4.71. The van der Waals surface area contributed by atoms with Gasteiger partial charge in [-0.25, -0.2) is 0 Å². The molecular weight excluding hydrogens is 400 g/mol. The standard InChI is InChI=1S/C22H26N4O3S/c1-4-14-25(20-8-5-9-21(16-20)29-3)15-6-7-19-17-26(24-23-19)30(27,28)22-12-10-18(2)11-13-22/h4-5,8-13,16-17H,1,6-7,14-15H2,2-3H3. The van der Waals surface area contributed by atoms with E-state index in [0.29, 0.717) is 18.7 Å². The van der Waals surface area contributed by atoms with Crippen LogP contribution in [0, 0.1) is 6.92 Å². The minimum Gasteiger partial charge on any atom is -0.497 e. The maximum absolute atomic E-state index is 12.7. The summed E-state index contributed by atoms with van der Waals surface area (Å²) in [7, 11) is -2.09. The second kappa shape index (κ2) is 9.58. The topological polar surface area (TPSA) is 77.3 Å². The zero-order chi connectivity index (χ0) is 21.6. The quantitative estimate of drug-likeness (QED) is 0.462. The van der Waals surface area contributed by atoms with Gasteiger partial charge < -0.3 is 9.64 Å². The van der Waals surface area contributed by atoms with Crippen molar-refractivity contribution in [2.45, 2.75) is 24.7 Å². The Morgan fingerprint density at radius 3 is 2.67 bits per heavy atom. The van der Waals surface area contributed by atoms with Crippen molar-refractivity contribution in [3.05, 3.63) is 78.6 Å². The first-order valence-electron chi connectivity index (χ1n) is 9.67. The fourth-order valence-electron chi connectivity index (χ4n) is 3.07. The lowest BCUT2D eigenvalue weighted by Gasteiger charge is -2.23. The summed E-state index contributed by atoms with van der Waals surface area (Å²) < 4.78 is 31.6. The Kier molecular flexibility index (Phi) is 6.89. The maximum Gasteiger partial charge on any atom is 0.284 e. The molecule has 7 nitrogen and oxygen atoms in total. The number of aromatic nitrogens is 3.